The molecule has 12 heavy (non-hydrogen) atoms. The number of ether oxygens (including phenoxy) is 2. The van der Waals surface area contributed by atoms with Crippen molar-refractivity contribution in [2.45, 2.75) is 18.6 Å². The Bertz CT molecular complexity index is 242. The van der Waals surface area contributed by atoms with E-state index >= 15 is 0 Å². The standard InChI is InChI=1S/C9H10O3/c10-9-5-4-7-8(12-9)3-1-2-6-11-7/h1-2,4-5,7-8H,3,6H2/t7-,8+/m0/s1. The third-order valence-corrected chi connectivity index (χ3v) is 1.98. The van der Waals surface area contributed by atoms with E-state index in [9.17, 15) is 4.79 Å². The summed E-state index contributed by atoms with van der Waals surface area (Å²) >= 11 is 0. The van der Waals surface area contributed by atoms with E-state index in [4.69, 9.17) is 9.47 Å². The summed E-state index contributed by atoms with van der Waals surface area (Å²) in [5.74, 6) is -0.268. The van der Waals surface area contributed by atoms with Crippen LogP contribution in [0.2, 0.25) is 0 Å². The molecule has 0 aromatic carbocycles. The Morgan fingerprint density at radius 2 is 2.33 bits per heavy atom. The third kappa shape index (κ3) is 1.41. The molecule has 0 spiro atoms. The van der Waals surface area contributed by atoms with Gasteiger partial charge < -0.3 is 9.47 Å². The van der Waals surface area contributed by atoms with Crippen molar-refractivity contribution >= 4 is 5.97 Å². The van der Waals surface area contributed by atoms with Gasteiger partial charge >= 0.3 is 5.97 Å². The molecule has 0 amide bonds. The Morgan fingerprint density at radius 1 is 1.42 bits per heavy atom. The predicted octanol–water partition coefficient (Wildman–Crippen LogP) is 0.813. The molecule has 0 aromatic rings. The second kappa shape index (κ2) is 3.11. The smallest absolute Gasteiger partial charge is 0.330 e. The Kier molecular flexibility index (Phi) is 1.96. The maximum atomic E-state index is 10.8. The lowest BCUT2D eigenvalue weighted by Gasteiger charge is -2.24. The lowest BCUT2D eigenvalue weighted by Crippen LogP contribution is -2.33. The normalized spacial score (nSPS) is 33.8. The van der Waals surface area contributed by atoms with Crippen LogP contribution in [0.25, 0.3) is 0 Å². The van der Waals surface area contributed by atoms with Crippen LogP contribution in [0.15, 0.2) is 24.3 Å². The van der Waals surface area contributed by atoms with Gasteiger partial charge in [0.15, 0.2) is 0 Å². The number of rotatable bonds is 0. The molecule has 3 nitrogen and oxygen atoms in total. The van der Waals surface area contributed by atoms with Gasteiger partial charge in [-0.15, -0.1) is 0 Å². The van der Waals surface area contributed by atoms with E-state index in [1.165, 1.54) is 6.08 Å². The fourth-order valence-corrected chi connectivity index (χ4v) is 1.36. The van der Waals surface area contributed by atoms with Gasteiger partial charge in [-0.05, 0) is 6.08 Å². The van der Waals surface area contributed by atoms with Crippen molar-refractivity contribution in [3.63, 3.8) is 0 Å². The first-order chi connectivity index (χ1) is 5.86. The SMILES string of the molecule is O=C1C=C[C@@H]2OCC=CC[C@H]2O1. The molecule has 0 fully saturated rings. The van der Waals surface area contributed by atoms with Crippen molar-refractivity contribution < 1.29 is 14.3 Å². The summed E-state index contributed by atoms with van der Waals surface area (Å²) in [7, 11) is 0. The minimum Gasteiger partial charge on any atom is -0.456 e. The molecule has 0 N–H and O–H groups in total. The molecule has 0 bridgehead atoms. The van der Waals surface area contributed by atoms with E-state index in [2.05, 4.69) is 0 Å². The molecule has 3 heteroatoms. The minimum absolute atomic E-state index is 0.0577. The highest BCUT2D eigenvalue weighted by molar-refractivity contribution is 5.83. The average molecular weight is 166 g/mol. The Hall–Kier alpha value is -1.09. The number of carbonyl (C=O) groups excluding carboxylic acids is 1. The van der Waals surface area contributed by atoms with Crippen LogP contribution >= 0.6 is 0 Å². The van der Waals surface area contributed by atoms with Gasteiger partial charge in [0.25, 0.3) is 0 Å². The van der Waals surface area contributed by atoms with Crippen LogP contribution in [-0.2, 0) is 14.3 Å². The Balaban J connectivity index is 2.14. The topological polar surface area (TPSA) is 35.5 Å². The molecule has 0 saturated carbocycles. The maximum Gasteiger partial charge on any atom is 0.330 e. The van der Waals surface area contributed by atoms with Gasteiger partial charge in [0.2, 0.25) is 0 Å². The second-order valence-electron chi connectivity index (χ2n) is 2.84. The number of fused-ring (bicyclic) bond motifs is 1. The van der Waals surface area contributed by atoms with E-state index in [1.54, 1.807) is 6.08 Å². The lowest BCUT2D eigenvalue weighted by atomic mass is 10.1. The molecule has 0 unspecified atom stereocenters. The van der Waals surface area contributed by atoms with Gasteiger partial charge in [0.1, 0.15) is 12.2 Å². The fourth-order valence-electron chi connectivity index (χ4n) is 1.36. The molecule has 0 saturated heterocycles. The van der Waals surface area contributed by atoms with Crippen LogP contribution in [0.5, 0.6) is 0 Å². The van der Waals surface area contributed by atoms with Crippen LogP contribution in [0.3, 0.4) is 0 Å². The first kappa shape index (κ1) is 7.55. The lowest BCUT2D eigenvalue weighted by molar-refractivity contribution is -0.150. The number of esters is 1. The van der Waals surface area contributed by atoms with Crippen LogP contribution in [0.1, 0.15) is 6.42 Å². The summed E-state index contributed by atoms with van der Waals surface area (Å²) in [6.45, 7) is 0.600. The predicted molar refractivity (Wildman–Crippen MR) is 42.5 cm³/mol. The Labute approximate surface area is 70.7 Å². The van der Waals surface area contributed by atoms with Crippen LogP contribution in [-0.4, -0.2) is 24.8 Å². The largest absolute Gasteiger partial charge is 0.456 e. The molecular weight excluding hydrogens is 156 g/mol. The first-order valence-electron chi connectivity index (χ1n) is 4.02. The number of carbonyl (C=O) groups is 1. The maximum absolute atomic E-state index is 10.8. The van der Waals surface area contributed by atoms with Gasteiger partial charge in [-0.2, -0.15) is 0 Å². The van der Waals surface area contributed by atoms with E-state index < -0.39 is 0 Å². The van der Waals surface area contributed by atoms with Crippen molar-refractivity contribution in [2.24, 2.45) is 0 Å². The molecule has 2 aliphatic heterocycles. The third-order valence-electron chi connectivity index (χ3n) is 1.98. The van der Waals surface area contributed by atoms with Crippen LogP contribution in [0, 0.1) is 0 Å². The van der Waals surface area contributed by atoms with Gasteiger partial charge in [0, 0.05) is 12.5 Å². The molecule has 0 aliphatic carbocycles. The molecule has 2 rings (SSSR count). The summed E-state index contributed by atoms with van der Waals surface area (Å²) in [5.41, 5.74) is 0. The van der Waals surface area contributed by atoms with Gasteiger partial charge in [-0.25, -0.2) is 4.79 Å². The van der Waals surface area contributed by atoms with Crippen molar-refractivity contribution in [3.8, 4) is 0 Å². The van der Waals surface area contributed by atoms with Crippen LogP contribution in [0.4, 0.5) is 0 Å². The van der Waals surface area contributed by atoms with E-state index in [0.717, 1.165) is 6.42 Å². The molecule has 0 aromatic heterocycles. The van der Waals surface area contributed by atoms with Crippen molar-refractivity contribution in [2.75, 3.05) is 6.61 Å². The molecule has 2 atom stereocenters. The van der Waals surface area contributed by atoms with Crippen molar-refractivity contribution in [1.82, 2.24) is 0 Å². The highest BCUT2D eigenvalue weighted by Gasteiger charge is 2.27. The number of hydrogen-bond donors (Lipinski definition) is 0. The van der Waals surface area contributed by atoms with Crippen molar-refractivity contribution in [3.05, 3.63) is 24.3 Å². The highest BCUT2D eigenvalue weighted by Crippen LogP contribution is 2.18. The Morgan fingerprint density at radius 3 is 3.25 bits per heavy atom. The van der Waals surface area contributed by atoms with Crippen molar-refractivity contribution in [1.29, 1.82) is 0 Å². The second-order valence-corrected chi connectivity index (χ2v) is 2.84. The molecule has 2 heterocycles. The quantitative estimate of drug-likeness (QED) is 0.394. The summed E-state index contributed by atoms with van der Waals surface area (Å²) in [6.07, 6.45) is 7.69. The fraction of sp³-hybridized carbons (Fsp3) is 0.444. The first-order valence-corrected chi connectivity index (χ1v) is 4.02. The van der Waals surface area contributed by atoms with E-state index in [1.807, 2.05) is 12.2 Å². The van der Waals surface area contributed by atoms with Gasteiger partial charge in [-0.1, -0.05) is 12.2 Å². The van der Waals surface area contributed by atoms with Gasteiger partial charge in [-0.3, -0.25) is 0 Å². The zero-order valence-electron chi connectivity index (χ0n) is 6.60. The summed E-state index contributed by atoms with van der Waals surface area (Å²) in [4.78, 5) is 10.8. The highest BCUT2D eigenvalue weighted by atomic mass is 16.6. The van der Waals surface area contributed by atoms with E-state index in [-0.39, 0.29) is 18.2 Å². The molecule has 64 valence electrons. The van der Waals surface area contributed by atoms with E-state index in [0.29, 0.717) is 6.61 Å². The number of hydrogen-bond acceptors (Lipinski definition) is 3. The zero-order chi connectivity index (χ0) is 8.39. The summed E-state index contributed by atoms with van der Waals surface area (Å²) in [6, 6.07) is 0. The monoisotopic (exact) mass is 166 g/mol. The zero-order valence-corrected chi connectivity index (χ0v) is 6.60. The molecule has 0 radical (unpaired) electrons. The summed E-state index contributed by atoms with van der Waals surface area (Å²) in [5, 5.41) is 0. The summed E-state index contributed by atoms with van der Waals surface area (Å²) < 4.78 is 10.5. The van der Waals surface area contributed by atoms with Gasteiger partial charge in [0.05, 0.1) is 6.61 Å². The minimum atomic E-state index is -0.268. The molecule has 2 aliphatic rings. The molecular formula is C9H10O3. The average Bonchev–Trinajstić information content (AvgIpc) is 2.28. The van der Waals surface area contributed by atoms with Crippen LogP contribution < -0.4 is 0 Å².